The summed E-state index contributed by atoms with van der Waals surface area (Å²) in [5, 5.41) is 13.1. The average Bonchev–Trinajstić information content (AvgIpc) is 2.98. The summed E-state index contributed by atoms with van der Waals surface area (Å²) >= 11 is 0. The van der Waals surface area contributed by atoms with Crippen molar-refractivity contribution in [2.24, 2.45) is 5.92 Å². The van der Waals surface area contributed by atoms with Crippen molar-refractivity contribution in [3.63, 3.8) is 0 Å². The Morgan fingerprint density at radius 3 is 2.31 bits per heavy atom. The molecule has 1 heterocycles. The van der Waals surface area contributed by atoms with E-state index in [2.05, 4.69) is 5.32 Å². The van der Waals surface area contributed by atoms with Crippen LogP contribution < -0.4 is 5.32 Å². The van der Waals surface area contributed by atoms with E-state index >= 15 is 0 Å². The largest absolute Gasteiger partial charge is 0.394 e. The lowest BCUT2D eigenvalue weighted by Gasteiger charge is -2.35. The first-order chi connectivity index (χ1) is 18.8. The van der Waals surface area contributed by atoms with Gasteiger partial charge in [-0.3, -0.25) is 4.79 Å². The fourth-order valence-electron chi connectivity index (χ4n) is 5.02. The third-order valence-electron chi connectivity index (χ3n) is 7.53. The number of ether oxygens (including phenoxy) is 1. The number of amides is 3. The Morgan fingerprint density at radius 2 is 1.62 bits per heavy atom. The van der Waals surface area contributed by atoms with E-state index in [1.54, 1.807) is 16.8 Å². The van der Waals surface area contributed by atoms with Crippen LogP contribution in [0.25, 0.3) is 11.1 Å². The van der Waals surface area contributed by atoms with Gasteiger partial charge in [0.2, 0.25) is 0 Å². The van der Waals surface area contributed by atoms with E-state index in [1.165, 1.54) is 0 Å². The van der Waals surface area contributed by atoms with Gasteiger partial charge in [0.25, 0.3) is 5.91 Å². The van der Waals surface area contributed by atoms with Gasteiger partial charge in [-0.2, -0.15) is 0 Å². The summed E-state index contributed by atoms with van der Waals surface area (Å²) in [6.45, 7) is 6.76. The highest BCUT2D eigenvalue weighted by Gasteiger charge is 2.31. The molecule has 0 unspecified atom stereocenters. The molecule has 0 aliphatic carbocycles. The predicted octanol–water partition coefficient (Wildman–Crippen LogP) is 5.11. The van der Waals surface area contributed by atoms with Crippen LogP contribution in [0.4, 0.5) is 4.79 Å². The first kappa shape index (κ1) is 28.3. The summed E-state index contributed by atoms with van der Waals surface area (Å²) < 4.78 is 6.51. The maximum atomic E-state index is 13.9. The summed E-state index contributed by atoms with van der Waals surface area (Å²) in [4.78, 5) is 30.4. The first-order valence-electron chi connectivity index (χ1n) is 13.6. The monoisotopic (exact) mass is 529 g/mol. The van der Waals surface area contributed by atoms with Crippen LogP contribution >= 0.6 is 0 Å². The molecule has 0 saturated heterocycles. The Kier molecular flexibility index (Phi) is 9.38. The summed E-state index contributed by atoms with van der Waals surface area (Å²) in [6.07, 6.45) is -0.344. The van der Waals surface area contributed by atoms with Crippen molar-refractivity contribution in [2.75, 3.05) is 26.7 Å². The molecule has 0 spiro atoms. The van der Waals surface area contributed by atoms with Crippen molar-refractivity contribution in [1.82, 2.24) is 15.1 Å². The van der Waals surface area contributed by atoms with Gasteiger partial charge in [-0.15, -0.1) is 0 Å². The molecular formula is C32H39N3O4. The molecule has 0 fully saturated rings. The molecule has 0 aromatic heterocycles. The van der Waals surface area contributed by atoms with Crippen LogP contribution in [-0.4, -0.2) is 65.7 Å². The van der Waals surface area contributed by atoms with Crippen molar-refractivity contribution in [1.29, 1.82) is 0 Å². The molecular weight excluding hydrogens is 490 g/mol. The van der Waals surface area contributed by atoms with Crippen molar-refractivity contribution >= 4 is 11.9 Å². The summed E-state index contributed by atoms with van der Waals surface area (Å²) in [5.41, 5.74) is 4.39. The van der Waals surface area contributed by atoms with Gasteiger partial charge >= 0.3 is 6.03 Å². The number of hydrogen-bond acceptors (Lipinski definition) is 4. The van der Waals surface area contributed by atoms with Gasteiger partial charge in [-0.1, -0.05) is 79.7 Å². The second kappa shape index (κ2) is 12.9. The minimum atomic E-state index is -0.377. The van der Waals surface area contributed by atoms with E-state index < -0.39 is 0 Å². The number of nitrogens with one attached hydrogen (secondary N) is 1. The molecule has 206 valence electrons. The highest BCUT2D eigenvalue weighted by Crippen LogP contribution is 2.31. The average molecular weight is 530 g/mol. The summed E-state index contributed by atoms with van der Waals surface area (Å²) in [6, 6.07) is 24.7. The number of carbonyl (C=O) groups is 2. The minimum Gasteiger partial charge on any atom is -0.394 e. The number of aliphatic hydroxyl groups excluding tert-OH is 1. The number of rotatable bonds is 6. The Labute approximate surface area is 231 Å². The highest BCUT2D eigenvalue weighted by molar-refractivity contribution is 6.01. The third kappa shape index (κ3) is 6.67. The number of aliphatic hydroxyl groups is 1. The lowest BCUT2D eigenvalue weighted by molar-refractivity contribution is -0.0185. The van der Waals surface area contributed by atoms with Crippen LogP contribution in [0.3, 0.4) is 0 Å². The molecule has 39 heavy (non-hydrogen) atoms. The lowest BCUT2D eigenvalue weighted by Crippen LogP contribution is -2.49. The molecule has 0 saturated carbocycles. The number of hydrogen-bond donors (Lipinski definition) is 2. The van der Waals surface area contributed by atoms with Crippen LogP contribution in [0, 0.1) is 5.92 Å². The van der Waals surface area contributed by atoms with Crippen LogP contribution in [-0.2, 0) is 11.3 Å². The molecule has 0 radical (unpaired) electrons. The Hall–Kier alpha value is -3.68. The Balaban J connectivity index is 1.61. The fraction of sp³-hybridized carbons (Fsp3) is 0.375. The molecule has 7 nitrogen and oxygen atoms in total. The maximum Gasteiger partial charge on any atom is 0.317 e. The van der Waals surface area contributed by atoms with E-state index in [-0.39, 0.29) is 42.7 Å². The minimum absolute atomic E-state index is 0.109. The van der Waals surface area contributed by atoms with Crippen molar-refractivity contribution in [2.45, 2.75) is 45.6 Å². The van der Waals surface area contributed by atoms with Gasteiger partial charge in [0.15, 0.2) is 0 Å². The molecule has 0 bridgehead atoms. The Morgan fingerprint density at radius 1 is 1.00 bits per heavy atom. The van der Waals surface area contributed by atoms with Crippen LogP contribution in [0.1, 0.15) is 48.3 Å². The second-order valence-corrected chi connectivity index (χ2v) is 10.5. The predicted molar refractivity (Wildman–Crippen MR) is 153 cm³/mol. The molecule has 4 atom stereocenters. The standard InChI is InChI=1S/C32H39N3O4/c1-22-18-35(23(2)20-36)31(37)29-17-11-10-16-28(29)27-15-9-8-14-26(27)21-39-30(22)19-34(4)32(38)33-24(3)25-12-6-5-7-13-25/h5-17,22-24,30,36H,18-21H2,1-4H3,(H,33,38)/t22-,23-,24-,30-/m0/s1. The van der Waals surface area contributed by atoms with Gasteiger partial charge in [-0.05, 0) is 42.2 Å². The zero-order chi connectivity index (χ0) is 27.9. The van der Waals surface area contributed by atoms with Crippen LogP contribution in [0.15, 0.2) is 78.9 Å². The van der Waals surface area contributed by atoms with E-state index in [0.717, 1.165) is 22.3 Å². The number of fused-ring (bicyclic) bond motifs is 3. The number of urea groups is 1. The van der Waals surface area contributed by atoms with Gasteiger partial charge in [0, 0.05) is 31.6 Å². The normalized spacial score (nSPS) is 19.2. The third-order valence-corrected chi connectivity index (χ3v) is 7.53. The molecule has 4 rings (SSSR count). The zero-order valence-electron chi connectivity index (χ0n) is 23.2. The van der Waals surface area contributed by atoms with Crippen LogP contribution in [0.2, 0.25) is 0 Å². The van der Waals surface area contributed by atoms with Crippen LogP contribution in [0.5, 0.6) is 0 Å². The van der Waals surface area contributed by atoms with E-state index in [0.29, 0.717) is 25.3 Å². The molecule has 3 aromatic carbocycles. The molecule has 2 N–H and O–H groups in total. The van der Waals surface area contributed by atoms with E-state index in [9.17, 15) is 14.7 Å². The van der Waals surface area contributed by atoms with Gasteiger partial charge in [0.1, 0.15) is 0 Å². The topological polar surface area (TPSA) is 82.1 Å². The second-order valence-electron chi connectivity index (χ2n) is 10.5. The fourth-order valence-corrected chi connectivity index (χ4v) is 5.02. The zero-order valence-corrected chi connectivity index (χ0v) is 23.2. The van der Waals surface area contributed by atoms with Gasteiger partial charge < -0.3 is 25.0 Å². The van der Waals surface area contributed by atoms with E-state index in [1.807, 2.05) is 99.6 Å². The van der Waals surface area contributed by atoms with Gasteiger partial charge in [0.05, 0.1) is 31.4 Å². The number of benzene rings is 3. The summed E-state index contributed by atoms with van der Waals surface area (Å²) in [7, 11) is 1.76. The van der Waals surface area contributed by atoms with Crippen molar-refractivity contribution in [3.05, 3.63) is 95.6 Å². The molecule has 3 amide bonds. The quantitative estimate of drug-likeness (QED) is 0.465. The van der Waals surface area contributed by atoms with Crippen molar-refractivity contribution < 1.29 is 19.4 Å². The van der Waals surface area contributed by atoms with E-state index in [4.69, 9.17) is 4.74 Å². The SMILES string of the molecule is C[C@H](NC(=O)N(C)C[C@@H]1OCc2ccccc2-c2ccccc2C(=O)N([C@@H](C)CO)C[C@@H]1C)c1ccccc1. The molecule has 1 aliphatic rings. The van der Waals surface area contributed by atoms with Gasteiger partial charge in [-0.25, -0.2) is 4.79 Å². The number of carbonyl (C=O) groups excluding carboxylic acids is 2. The first-order valence-corrected chi connectivity index (χ1v) is 13.6. The molecule has 1 aliphatic heterocycles. The number of likely N-dealkylation sites (N-methyl/N-ethyl adjacent to an activating group) is 1. The maximum absolute atomic E-state index is 13.9. The van der Waals surface area contributed by atoms with Crippen molar-refractivity contribution in [3.8, 4) is 11.1 Å². The smallest absolute Gasteiger partial charge is 0.317 e. The number of nitrogens with zero attached hydrogens (tertiary/aromatic N) is 2. The Bertz CT molecular complexity index is 1270. The summed E-state index contributed by atoms with van der Waals surface area (Å²) in [5.74, 6) is -0.237. The lowest BCUT2D eigenvalue weighted by atomic mass is 9.94. The highest BCUT2D eigenvalue weighted by atomic mass is 16.5. The molecule has 7 heteroatoms. The molecule has 3 aromatic rings.